The smallest absolute Gasteiger partial charge is 0.225 e. The van der Waals surface area contributed by atoms with Crippen LogP contribution in [0.2, 0.25) is 0 Å². The first kappa shape index (κ1) is 13.6. The molecule has 0 radical (unpaired) electrons. The van der Waals surface area contributed by atoms with Crippen LogP contribution in [0.1, 0.15) is 31.2 Å². The monoisotopic (exact) mass is 275 g/mol. The largest absolute Gasteiger partial charge is 0.391 e. The molecule has 1 saturated heterocycles. The van der Waals surface area contributed by atoms with Crippen molar-refractivity contribution in [1.82, 2.24) is 4.90 Å². The molecule has 1 saturated carbocycles. The van der Waals surface area contributed by atoms with Crippen LogP contribution in [0.15, 0.2) is 30.3 Å². The third kappa shape index (κ3) is 2.86. The molecule has 1 aromatic carbocycles. The molecule has 0 bridgehead atoms. The molecule has 1 N–H and O–H groups in total. The van der Waals surface area contributed by atoms with Gasteiger partial charge in [0.2, 0.25) is 5.91 Å². The fourth-order valence-corrected chi connectivity index (χ4v) is 3.27. The van der Waals surface area contributed by atoms with Crippen molar-refractivity contribution in [3.63, 3.8) is 0 Å². The van der Waals surface area contributed by atoms with E-state index >= 15 is 0 Å². The van der Waals surface area contributed by atoms with Gasteiger partial charge in [-0.3, -0.25) is 4.79 Å². The Balaban J connectivity index is 1.60. The van der Waals surface area contributed by atoms with Crippen molar-refractivity contribution in [2.45, 2.75) is 50.5 Å². The quantitative estimate of drug-likeness (QED) is 0.910. The van der Waals surface area contributed by atoms with Crippen LogP contribution in [0.25, 0.3) is 0 Å². The summed E-state index contributed by atoms with van der Waals surface area (Å²) in [6.45, 7) is 1.06. The van der Waals surface area contributed by atoms with Gasteiger partial charge in [0.1, 0.15) is 0 Å². The average Bonchev–Trinajstić information content (AvgIpc) is 3.03. The molecule has 1 aliphatic carbocycles. The summed E-state index contributed by atoms with van der Waals surface area (Å²) in [4.78, 5) is 13.7. The van der Waals surface area contributed by atoms with E-state index in [-0.39, 0.29) is 24.5 Å². The lowest BCUT2D eigenvalue weighted by Crippen LogP contribution is -2.42. The zero-order valence-corrected chi connectivity index (χ0v) is 11.6. The van der Waals surface area contributed by atoms with Gasteiger partial charge in [-0.1, -0.05) is 30.3 Å². The van der Waals surface area contributed by atoms with Crippen LogP contribution in [0.3, 0.4) is 0 Å². The Morgan fingerprint density at radius 1 is 1.25 bits per heavy atom. The van der Waals surface area contributed by atoms with Gasteiger partial charge in [0, 0.05) is 6.54 Å². The lowest BCUT2D eigenvalue weighted by Gasteiger charge is -2.29. The van der Waals surface area contributed by atoms with Crippen molar-refractivity contribution in [3.8, 4) is 0 Å². The van der Waals surface area contributed by atoms with Gasteiger partial charge < -0.3 is 14.7 Å². The summed E-state index contributed by atoms with van der Waals surface area (Å²) >= 11 is 0. The summed E-state index contributed by atoms with van der Waals surface area (Å²) in [6.07, 6.45) is 2.93. The van der Waals surface area contributed by atoms with E-state index in [1.807, 2.05) is 23.1 Å². The highest BCUT2D eigenvalue weighted by atomic mass is 16.5. The zero-order chi connectivity index (χ0) is 13.9. The summed E-state index contributed by atoms with van der Waals surface area (Å²) in [5, 5.41) is 9.62. The van der Waals surface area contributed by atoms with Crippen molar-refractivity contribution in [2.75, 3.05) is 6.54 Å². The molecule has 3 rings (SSSR count). The number of aliphatic hydroxyl groups is 1. The lowest BCUT2D eigenvalue weighted by molar-refractivity contribution is -0.132. The van der Waals surface area contributed by atoms with Gasteiger partial charge in [0.15, 0.2) is 0 Å². The van der Waals surface area contributed by atoms with Gasteiger partial charge in [0.05, 0.1) is 31.3 Å². The predicted molar refractivity (Wildman–Crippen MR) is 75.0 cm³/mol. The highest BCUT2D eigenvalue weighted by Crippen LogP contribution is 2.30. The van der Waals surface area contributed by atoms with E-state index < -0.39 is 6.10 Å². The molecule has 2 aliphatic rings. The lowest BCUT2D eigenvalue weighted by atomic mass is 10.2. The Labute approximate surface area is 119 Å². The second-order valence-corrected chi connectivity index (χ2v) is 5.74. The Bertz CT molecular complexity index is 462. The SMILES string of the molecule is O=C1CC(O)CN1C1CCCC1OCc1ccccc1. The molecule has 20 heavy (non-hydrogen) atoms. The topological polar surface area (TPSA) is 49.8 Å². The standard InChI is InChI=1S/C16H21NO3/c18-13-9-16(19)17(10-13)14-7-4-8-15(14)20-11-12-5-2-1-3-6-12/h1-3,5-6,13-15,18H,4,7-11H2. The fraction of sp³-hybridized carbons (Fsp3) is 0.562. The van der Waals surface area contributed by atoms with E-state index in [9.17, 15) is 9.90 Å². The number of β-amino-alcohol motifs (C(OH)–C–C–N with tert-alkyl or cyclic N) is 1. The fourth-order valence-electron chi connectivity index (χ4n) is 3.27. The Morgan fingerprint density at radius 3 is 2.75 bits per heavy atom. The van der Waals surface area contributed by atoms with Crippen molar-refractivity contribution in [2.24, 2.45) is 0 Å². The third-order valence-corrected chi connectivity index (χ3v) is 4.26. The number of likely N-dealkylation sites (tertiary alicyclic amines) is 1. The Kier molecular flexibility index (Phi) is 4.03. The number of ether oxygens (including phenoxy) is 1. The second kappa shape index (κ2) is 5.94. The number of amides is 1. The van der Waals surface area contributed by atoms with Crippen LogP contribution in [-0.2, 0) is 16.1 Å². The van der Waals surface area contributed by atoms with Crippen molar-refractivity contribution in [3.05, 3.63) is 35.9 Å². The summed E-state index contributed by atoms with van der Waals surface area (Å²) in [5.74, 6) is 0.0673. The van der Waals surface area contributed by atoms with Crippen molar-refractivity contribution >= 4 is 5.91 Å². The predicted octanol–water partition coefficient (Wildman–Crippen LogP) is 1.72. The number of rotatable bonds is 4. The van der Waals surface area contributed by atoms with Crippen molar-refractivity contribution < 1.29 is 14.6 Å². The number of hydrogen-bond donors (Lipinski definition) is 1. The molecule has 1 heterocycles. The van der Waals surface area contributed by atoms with Crippen LogP contribution >= 0.6 is 0 Å². The maximum Gasteiger partial charge on any atom is 0.225 e. The van der Waals surface area contributed by atoms with Gasteiger partial charge in [-0.15, -0.1) is 0 Å². The molecule has 3 atom stereocenters. The van der Waals surface area contributed by atoms with Gasteiger partial charge in [0.25, 0.3) is 0 Å². The summed E-state index contributed by atoms with van der Waals surface area (Å²) < 4.78 is 6.02. The first-order valence-corrected chi connectivity index (χ1v) is 7.37. The highest BCUT2D eigenvalue weighted by Gasteiger charge is 2.40. The van der Waals surface area contributed by atoms with E-state index in [0.717, 1.165) is 24.8 Å². The summed E-state index contributed by atoms with van der Waals surface area (Å²) in [7, 11) is 0. The number of nitrogens with zero attached hydrogens (tertiary/aromatic N) is 1. The minimum Gasteiger partial charge on any atom is -0.391 e. The van der Waals surface area contributed by atoms with Gasteiger partial charge in [-0.2, -0.15) is 0 Å². The van der Waals surface area contributed by atoms with E-state index in [2.05, 4.69) is 12.1 Å². The molecule has 0 spiro atoms. The molecule has 4 heteroatoms. The van der Waals surface area contributed by atoms with Crippen LogP contribution in [0.4, 0.5) is 0 Å². The molecular weight excluding hydrogens is 254 g/mol. The Hall–Kier alpha value is -1.39. The average molecular weight is 275 g/mol. The summed E-state index contributed by atoms with van der Waals surface area (Å²) in [6, 6.07) is 10.2. The maximum atomic E-state index is 11.9. The van der Waals surface area contributed by atoms with E-state index in [0.29, 0.717) is 13.2 Å². The van der Waals surface area contributed by atoms with Crippen LogP contribution in [0, 0.1) is 0 Å². The van der Waals surface area contributed by atoms with E-state index in [4.69, 9.17) is 4.74 Å². The molecule has 3 unspecified atom stereocenters. The second-order valence-electron chi connectivity index (χ2n) is 5.74. The van der Waals surface area contributed by atoms with E-state index in [1.54, 1.807) is 0 Å². The normalized spacial score (nSPS) is 30.1. The Morgan fingerprint density at radius 2 is 2.05 bits per heavy atom. The highest BCUT2D eigenvalue weighted by molar-refractivity contribution is 5.79. The first-order valence-electron chi connectivity index (χ1n) is 7.37. The first-order chi connectivity index (χ1) is 9.74. The van der Waals surface area contributed by atoms with E-state index in [1.165, 1.54) is 0 Å². The van der Waals surface area contributed by atoms with Gasteiger partial charge >= 0.3 is 0 Å². The number of hydrogen-bond acceptors (Lipinski definition) is 3. The molecule has 2 fully saturated rings. The molecular formula is C16H21NO3. The van der Waals surface area contributed by atoms with Crippen LogP contribution < -0.4 is 0 Å². The minimum atomic E-state index is -0.502. The number of benzene rings is 1. The molecule has 108 valence electrons. The molecule has 1 amide bonds. The van der Waals surface area contributed by atoms with Crippen LogP contribution in [-0.4, -0.2) is 40.7 Å². The number of carbonyl (C=O) groups is 1. The van der Waals surface area contributed by atoms with Gasteiger partial charge in [-0.05, 0) is 24.8 Å². The number of carbonyl (C=O) groups excluding carboxylic acids is 1. The van der Waals surface area contributed by atoms with Crippen molar-refractivity contribution in [1.29, 1.82) is 0 Å². The van der Waals surface area contributed by atoms with Crippen LogP contribution in [0.5, 0.6) is 0 Å². The summed E-state index contributed by atoms with van der Waals surface area (Å²) in [5.41, 5.74) is 1.16. The molecule has 1 aliphatic heterocycles. The zero-order valence-electron chi connectivity index (χ0n) is 11.6. The molecule has 0 aromatic heterocycles. The van der Waals surface area contributed by atoms with Gasteiger partial charge in [-0.25, -0.2) is 0 Å². The molecule has 4 nitrogen and oxygen atoms in total. The minimum absolute atomic E-state index is 0.0673. The third-order valence-electron chi connectivity index (χ3n) is 4.26. The molecule has 1 aromatic rings. The number of aliphatic hydroxyl groups excluding tert-OH is 1. The maximum absolute atomic E-state index is 11.9.